The fourth-order valence-electron chi connectivity index (χ4n) is 1.78. The highest BCUT2D eigenvalue weighted by molar-refractivity contribution is 5.76. The molecule has 6 heteroatoms. The molecule has 4 nitrogen and oxygen atoms in total. The minimum Gasteiger partial charge on any atom is -0.493 e. The summed E-state index contributed by atoms with van der Waals surface area (Å²) in [6.45, 7) is 0. The maximum Gasteiger partial charge on any atom is 0.162 e. The van der Waals surface area contributed by atoms with Gasteiger partial charge in [-0.15, -0.1) is 0 Å². The van der Waals surface area contributed by atoms with Crippen LogP contribution in [0.1, 0.15) is 0 Å². The van der Waals surface area contributed by atoms with Crippen LogP contribution in [0.4, 0.5) is 25.8 Å². The highest BCUT2D eigenvalue weighted by Gasteiger charge is 2.10. The van der Waals surface area contributed by atoms with Crippen LogP contribution in [0.2, 0.25) is 0 Å². The maximum atomic E-state index is 13.1. The van der Waals surface area contributed by atoms with Crippen LogP contribution in [0.25, 0.3) is 0 Å². The fourth-order valence-corrected chi connectivity index (χ4v) is 1.78. The van der Waals surface area contributed by atoms with Crippen LogP contribution in [0.5, 0.6) is 11.5 Å². The first kappa shape index (κ1) is 13.9. The molecular formula is C14H14F2N2O2. The molecule has 2 aromatic rings. The van der Waals surface area contributed by atoms with Gasteiger partial charge in [0.15, 0.2) is 11.5 Å². The Hall–Kier alpha value is -2.50. The van der Waals surface area contributed by atoms with Crippen molar-refractivity contribution in [1.29, 1.82) is 0 Å². The normalized spacial score (nSPS) is 10.2. The summed E-state index contributed by atoms with van der Waals surface area (Å²) < 4.78 is 36.5. The number of anilines is 3. The van der Waals surface area contributed by atoms with E-state index < -0.39 is 11.6 Å². The van der Waals surface area contributed by atoms with E-state index in [4.69, 9.17) is 15.2 Å². The van der Waals surface area contributed by atoms with Crippen molar-refractivity contribution < 1.29 is 18.3 Å². The second kappa shape index (κ2) is 5.64. The van der Waals surface area contributed by atoms with Crippen LogP contribution in [0.15, 0.2) is 30.3 Å². The summed E-state index contributed by atoms with van der Waals surface area (Å²) in [5, 5.41) is 2.84. The summed E-state index contributed by atoms with van der Waals surface area (Å²) >= 11 is 0. The molecule has 0 aliphatic rings. The summed E-state index contributed by atoms with van der Waals surface area (Å²) in [5.74, 6) is -0.417. The predicted molar refractivity (Wildman–Crippen MR) is 73.6 cm³/mol. The topological polar surface area (TPSA) is 56.5 Å². The molecule has 0 saturated heterocycles. The number of methoxy groups -OCH3 is 2. The number of hydrogen-bond donors (Lipinski definition) is 2. The van der Waals surface area contributed by atoms with Crippen molar-refractivity contribution in [3.8, 4) is 11.5 Å². The van der Waals surface area contributed by atoms with Crippen molar-refractivity contribution in [2.24, 2.45) is 0 Å². The minimum atomic E-state index is -0.674. The molecule has 0 saturated carbocycles. The Labute approximate surface area is 115 Å². The molecule has 0 aliphatic heterocycles. The van der Waals surface area contributed by atoms with Gasteiger partial charge in [-0.05, 0) is 12.1 Å². The molecule has 0 amide bonds. The van der Waals surface area contributed by atoms with Gasteiger partial charge in [0.2, 0.25) is 0 Å². The number of ether oxygens (including phenoxy) is 2. The van der Waals surface area contributed by atoms with Crippen molar-refractivity contribution >= 4 is 17.1 Å². The molecular weight excluding hydrogens is 266 g/mol. The molecule has 106 valence electrons. The second-order valence-corrected chi connectivity index (χ2v) is 4.08. The number of rotatable bonds is 4. The number of nitrogens with two attached hydrogens (primary N) is 1. The molecule has 2 rings (SSSR count). The lowest BCUT2D eigenvalue weighted by molar-refractivity contribution is 0.355. The van der Waals surface area contributed by atoms with Crippen LogP contribution >= 0.6 is 0 Å². The number of hydrogen-bond acceptors (Lipinski definition) is 4. The quantitative estimate of drug-likeness (QED) is 0.844. The maximum absolute atomic E-state index is 13.1. The molecule has 0 heterocycles. The SMILES string of the molecule is COc1cc(N)c(Nc2cc(F)cc(F)c2)cc1OC. The van der Waals surface area contributed by atoms with Gasteiger partial charge in [-0.1, -0.05) is 0 Å². The van der Waals surface area contributed by atoms with Crippen LogP contribution in [-0.2, 0) is 0 Å². The van der Waals surface area contributed by atoms with E-state index in [0.717, 1.165) is 6.07 Å². The van der Waals surface area contributed by atoms with Crippen LogP contribution < -0.4 is 20.5 Å². The lowest BCUT2D eigenvalue weighted by Crippen LogP contribution is -2.00. The monoisotopic (exact) mass is 280 g/mol. The van der Waals surface area contributed by atoms with E-state index in [1.807, 2.05) is 0 Å². The summed E-state index contributed by atoms with van der Waals surface area (Å²) in [6, 6.07) is 6.29. The van der Waals surface area contributed by atoms with Crippen molar-refractivity contribution in [3.63, 3.8) is 0 Å². The van der Waals surface area contributed by atoms with E-state index in [9.17, 15) is 8.78 Å². The minimum absolute atomic E-state index is 0.251. The first-order valence-electron chi connectivity index (χ1n) is 5.78. The van der Waals surface area contributed by atoms with Crippen LogP contribution in [0, 0.1) is 11.6 Å². The van der Waals surface area contributed by atoms with Gasteiger partial charge < -0.3 is 20.5 Å². The van der Waals surface area contributed by atoms with Gasteiger partial charge in [-0.25, -0.2) is 8.78 Å². The Morgan fingerprint density at radius 1 is 0.900 bits per heavy atom. The standard InChI is InChI=1S/C14H14F2N2O2/c1-19-13-6-11(17)12(7-14(13)20-2)18-10-4-8(15)3-9(16)5-10/h3-7,18H,17H2,1-2H3. The Morgan fingerprint density at radius 2 is 1.45 bits per heavy atom. The van der Waals surface area contributed by atoms with Gasteiger partial charge in [0.1, 0.15) is 11.6 Å². The van der Waals surface area contributed by atoms with E-state index in [1.54, 1.807) is 12.1 Å². The third-order valence-electron chi connectivity index (χ3n) is 2.70. The predicted octanol–water partition coefficient (Wildman–Crippen LogP) is 3.31. The third kappa shape index (κ3) is 2.90. The van der Waals surface area contributed by atoms with Gasteiger partial charge in [-0.3, -0.25) is 0 Å². The highest BCUT2D eigenvalue weighted by Crippen LogP contribution is 2.36. The lowest BCUT2D eigenvalue weighted by atomic mass is 10.2. The largest absolute Gasteiger partial charge is 0.493 e. The summed E-state index contributed by atoms with van der Waals surface area (Å²) in [7, 11) is 2.98. The molecule has 20 heavy (non-hydrogen) atoms. The summed E-state index contributed by atoms with van der Waals surface area (Å²) in [4.78, 5) is 0. The van der Waals surface area contributed by atoms with Crippen molar-refractivity contribution in [2.45, 2.75) is 0 Å². The Balaban J connectivity index is 2.37. The lowest BCUT2D eigenvalue weighted by Gasteiger charge is -2.14. The number of halogens is 2. The summed E-state index contributed by atoms with van der Waals surface area (Å²) in [6.07, 6.45) is 0. The molecule has 0 fully saturated rings. The summed E-state index contributed by atoms with van der Waals surface area (Å²) in [5.41, 5.74) is 6.94. The van der Waals surface area contributed by atoms with E-state index in [2.05, 4.69) is 5.32 Å². The molecule has 0 aliphatic carbocycles. The molecule has 0 bridgehead atoms. The van der Waals surface area contributed by atoms with Gasteiger partial charge in [0, 0.05) is 23.9 Å². The molecule has 0 atom stereocenters. The zero-order chi connectivity index (χ0) is 14.7. The first-order valence-corrected chi connectivity index (χ1v) is 5.78. The average Bonchev–Trinajstić information content (AvgIpc) is 2.39. The first-order chi connectivity index (χ1) is 9.53. The van der Waals surface area contributed by atoms with Gasteiger partial charge in [0.05, 0.1) is 25.6 Å². The molecule has 0 unspecified atom stereocenters. The molecule has 0 radical (unpaired) electrons. The van der Waals surface area contributed by atoms with E-state index in [0.29, 0.717) is 22.9 Å². The molecule has 0 aromatic heterocycles. The number of nitrogen functional groups attached to an aromatic ring is 1. The Kier molecular flexibility index (Phi) is 3.93. The molecule has 2 aromatic carbocycles. The third-order valence-corrected chi connectivity index (χ3v) is 2.70. The van der Waals surface area contributed by atoms with Crippen molar-refractivity contribution in [2.75, 3.05) is 25.3 Å². The van der Waals surface area contributed by atoms with Crippen LogP contribution in [0.3, 0.4) is 0 Å². The van der Waals surface area contributed by atoms with Crippen molar-refractivity contribution in [1.82, 2.24) is 0 Å². The second-order valence-electron chi connectivity index (χ2n) is 4.08. The zero-order valence-electron chi connectivity index (χ0n) is 11.0. The number of nitrogens with one attached hydrogen (secondary N) is 1. The highest BCUT2D eigenvalue weighted by atomic mass is 19.1. The van der Waals surface area contributed by atoms with Crippen molar-refractivity contribution in [3.05, 3.63) is 42.0 Å². The molecule has 0 spiro atoms. The fraction of sp³-hybridized carbons (Fsp3) is 0.143. The smallest absolute Gasteiger partial charge is 0.162 e. The van der Waals surface area contributed by atoms with Crippen LogP contribution in [-0.4, -0.2) is 14.2 Å². The molecule has 3 N–H and O–H groups in total. The van der Waals surface area contributed by atoms with Gasteiger partial charge in [-0.2, -0.15) is 0 Å². The average molecular weight is 280 g/mol. The van der Waals surface area contributed by atoms with Gasteiger partial charge in [0.25, 0.3) is 0 Å². The van der Waals surface area contributed by atoms with E-state index >= 15 is 0 Å². The van der Waals surface area contributed by atoms with E-state index in [1.165, 1.54) is 26.4 Å². The Morgan fingerprint density at radius 3 is 2.00 bits per heavy atom. The zero-order valence-corrected chi connectivity index (χ0v) is 11.0. The van der Waals surface area contributed by atoms with E-state index in [-0.39, 0.29) is 5.69 Å². The Bertz CT molecular complexity index is 613. The van der Waals surface area contributed by atoms with Gasteiger partial charge >= 0.3 is 0 Å². The number of benzene rings is 2.